The lowest BCUT2D eigenvalue weighted by Crippen LogP contribution is -2.10. The van der Waals surface area contributed by atoms with Crippen LogP contribution in [0.1, 0.15) is 41.4 Å². The highest BCUT2D eigenvalue weighted by molar-refractivity contribution is 6.04. The van der Waals surface area contributed by atoms with Crippen molar-refractivity contribution >= 4 is 23.9 Å². The highest BCUT2D eigenvalue weighted by Gasteiger charge is 2.26. The van der Waals surface area contributed by atoms with Gasteiger partial charge in [0, 0.05) is 5.56 Å². The Bertz CT molecular complexity index is 1570. The summed E-state index contributed by atoms with van der Waals surface area (Å²) in [5.74, 6) is -6.76. The molecule has 0 unspecified atom stereocenters. The summed E-state index contributed by atoms with van der Waals surface area (Å²) in [4.78, 5) is 47.2. The van der Waals surface area contributed by atoms with Gasteiger partial charge in [0.1, 0.15) is 22.6 Å². The number of ether oxygens (including phenoxy) is 2. The molecule has 10 nitrogen and oxygen atoms in total. The minimum Gasteiger partial charge on any atom is -0.478 e. The molecule has 0 fully saturated rings. The SMILES string of the molecule is O=C(O)c1cccc(Oc2cccc(-c3ccccc3)c2Oc2cccc(C(=O)O)c2C(=O)O)c1C(=O)O. The third kappa shape index (κ3) is 5.00. The Balaban J connectivity index is 1.94. The molecule has 4 aromatic rings. The van der Waals surface area contributed by atoms with Crippen molar-refractivity contribution in [2.45, 2.75) is 0 Å². The quantitative estimate of drug-likeness (QED) is 0.216. The minimum absolute atomic E-state index is 0.0548. The van der Waals surface area contributed by atoms with Gasteiger partial charge in [-0.3, -0.25) is 0 Å². The molecule has 190 valence electrons. The van der Waals surface area contributed by atoms with Crippen molar-refractivity contribution in [2.75, 3.05) is 0 Å². The maximum atomic E-state index is 12.0. The molecular formula is C28H18O10. The maximum Gasteiger partial charge on any atom is 0.340 e. The van der Waals surface area contributed by atoms with Crippen LogP contribution in [-0.2, 0) is 0 Å². The number of aromatic carboxylic acids is 4. The Hall–Kier alpha value is -5.64. The van der Waals surface area contributed by atoms with Gasteiger partial charge in [-0.2, -0.15) is 0 Å². The Morgan fingerprint density at radius 1 is 0.474 bits per heavy atom. The number of hydrogen-bond acceptors (Lipinski definition) is 6. The fraction of sp³-hybridized carbons (Fsp3) is 0. The van der Waals surface area contributed by atoms with E-state index in [1.807, 2.05) is 0 Å². The van der Waals surface area contributed by atoms with E-state index < -0.39 is 46.1 Å². The number of hydrogen-bond donors (Lipinski definition) is 4. The fourth-order valence-electron chi connectivity index (χ4n) is 3.80. The van der Waals surface area contributed by atoms with Crippen molar-refractivity contribution in [1.29, 1.82) is 0 Å². The van der Waals surface area contributed by atoms with Crippen LogP contribution in [0, 0.1) is 0 Å². The number of benzene rings is 4. The Kier molecular flexibility index (Phi) is 7.06. The molecule has 0 saturated carbocycles. The Labute approximate surface area is 214 Å². The Morgan fingerprint density at radius 3 is 1.45 bits per heavy atom. The van der Waals surface area contributed by atoms with Gasteiger partial charge in [0.05, 0.1) is 11.1 Å². The molecule has 0 bridgehead atoms. The van der Waals surface area contributed by atoms with Crippen LogP contribution < -0.4 is 9.47 Å². The smallest absolute Gasteiger partial charge is 0.340 e. The standard InChI is InChI=1S/C28H18O10/c29-25(30)17-10-5-12-19(22(17)27(33)34)37-21-14-4-9-16(15-7-2-1-3-8-15)24(21)38-20-13-6-11-18(26(31)32)23(20)28(35)36/h1-14H,(H,29,30)(H,31,32)(H,33,34)(H,35,36). The molecular weight excluding hydrogens is 496 g/mol. The first kappa shape index (κ1) is 25.5. The fourth-order valence-corrected chi connectivity index (χ4v) is 3.80. The van der Waals surface area contributed by atoms with E-state index in [-0.39, 0.29) is 23.0 Å². The van der Waals surface area contributed by atoms with Crippen LogP contribution in [0.25, 0.3) is 11.1 Å². The summed E-state index contributed by atoms with van der Waals surface area (Å²) in [5.41, 5.74) is -1.18. The molecule has 38 heavy (non-hydrogen) atoms. The first-order valence-corrected chi connectivity index (χ1v) is 10.9. The van der Waals surface area contributed by atoms with E-state index in [2.05, 4.69) is 0 Å². The summed E-state index contributed by atoms with van der Waals surface area (Å²) < 4.78 is 11.9. The summed E-state index contributed by atoms with van der Waals surface area (Å²) in [6, 6.07) is 20.8. The highest BCUT2D eigenvalue weighted by Crippen LogP contribution is 2.44. The van der Waals surface area contributed by atoms with E-state index in [1.165, 1.54) is 30.3 Å². The molecule has 0 aliphatic rings. The molecule has 0 aromatic heterocycles. The van der Waals surface area contributed by atoms with Gasteiger partial charge in [0.2, 0.25) is 0 Å². The average Bonchev–Trinajstić information content (AvgIpc) is 2.89. The van der Waals surface area contributed by atoms with E-state index in [0.29, 0.717) is 11.1 Å². The molecule has 4 N–H and O–H groups in total. The first-order chi connectivity index (χ1) is 18.2. The molecule has 0 heterocycles. The molecule has 4 rings (SSSR count). The van der Waals surface area contributed by atoms with Gasteiger partial charge in [-0.15, -0.1) is 0 Å². The van der Waals surface area contributed by atoms with Gasteiger partial charge in [0.15, 0.2) is 11.5 Å². The summed E-state index contributed by atoms with van der Waals surface area (Å²) >= 11 is 0. The largest absolute Gasteiger partial charge is 0.478 e. The van der Waals surface area contributed by atoms with Crippen molar-refractivity contribution in [2.24, 2.45) is 0 Å². The molecule has 4 aromatic carbocycles. The first-order valence-electron chi connectivity index (χ1n) is 10.9. The number of rotatable bonds is 9. The Morgan fingerprint density at radius 2 is 0.947 bits per heavy atom. The number of para-hydroxylation sites is 1. The second-order valence-electron chi connectivity index (χ2n) is 7.78. The topological polar surface area (TPSA) is 168 Å². The van der Waals surface area contributed by atoms with Gasteiger partial charge in [-0.1, -0.05) is 54.6 Å². The van der Waals surface area contributed by atoms with Crippen molar-refractivity contribution in [1.82, 2.24) is 0 Å². The molecule has 10 heteroatoms. The normalized spacial score (nSPS) is 10.4. The summed E-state index contributed by atoms with van der Waals surface area (Å²) in [5, 5.41) is 38.4. The predicted molar refractivity (Wildman–Crippen MR) is 133 cm³/mol. The van der Waals surface area contributed by atoms with Gasteiger partial charge in [0.25, 0.3) is 0 Å². The van der Waals surface area contributed by atoms with Crippen molar-refractivity contribution in [3.8, 4) is 34.1 Å². The van der Waals surface area contributed by atoms with Gasteiger partial charge >= 0.3 is 23.9 Å². The summed E-state index contributed by atoms with van der Waals surface area (Å²) in [7, 11) is 0. The van der Waals surface area contributed by atoms with Crippen molar-refractivity contribution < 1.29 is 49.1 Å². The maximum absolute atomic E-state index is 12.0. The summed E-state index contributed by atoms with van der Waals surface area (Å²) in [6.07, 6.45) is 0. The van der Waals surface area contributed by atoms with Crippen LogP contribution in [0.3, 0.4) is 0 Å². The molecule has 0 aliphatic carbocycles. The van der Waals surface area contributed by atoms with Crippen molar-refractivity contribution in [3.63, 3.8) is 0 Å². The number of carboxylic acid groups (broad SMARTS) is 4. The lowest BCUT2D eigenvalue weighted by molar-refractivity contribution is 0.0648. The second kappa shape index (κ2) is 10.5. The average molecular weight is 514 g/mol. The molecule has 0 amide bonds. The van der Waals surface area contributed by atoms with Crippen LogP contribution in [-0.4, -0.2) is 44.3 Å². The van der Waals surface area contributed by atoms with E-state index >= 15 is 0 Å². The van der Waals surface area contributed by atoms with Crippen LogP contribution in [0.15, 0.2) is 84.9 Å². The van der Waals surface area contributed by atoms with E-state index in [0.717, 1.165) is 12.1 Å². The lowest BCUT2D eigenvalue weighted by atomic mass is 10.0. The van der Waals surface area contributed by atoms with Gasteiger partial charge in [-0.25, -0.2) is 19.2 Å². The predicted octanol–water partition coefficient (Wildman–Crippen LogP) is 5.73. The lowest BCUT2D eigenvalue weighted by Gasteiger charge is -2.19. The van der Waals surface area contributed by atoms with E-state index in [9.17, 15) is 39.6 Å². The number of carboxylic acids is 4. The molecule has 0 saturated heterocycles. The third-order valence-electron chi connectivity index (χ3n) is 5.44. The highest BCUT2D eigenvalue weighted by atomic mass is 16.5. The van der Waals surface area contributed by atoms with Crippen LogP contribution in [0.4, 0.5) is 0 Å². The molecule has 0 radical (unpaired) electrons. The molecule has 0 spiro atoms. The third-order valence-corrected chi connectivity index (χ3v) is 5.44. The molecule has 0 atom stereocenters. The van der Waals surface area contributed by atoms with Gasteiger partial charge < -0.3 is 29.9 Å². The number of carbonyl (C=O) groups is 4. The van der Waals surface area contributed by atoms with E-state index in [4.69, 9.17) is 9.47 Å². The zero-order valence-corrected chi connectivity index (χ0v) is 19.3. The zero-order chi connectivity index (χ0) is 27.4. The van der Waals surface area contributed by atoms with Crippen LogP contribution >= 0.6 is 0 Å². The minimum atomic E-state index is -1.54. The van der Waals surface area contributed by atoms with E-state index in [1.54, 1.807) is 42.5 Å². The zero-order valence-electron chi connectivity index (χ0n) is 19.3. The second-order valence-corrected chi connectivity index (χ2v) is 7.78. The molecule has 0 aliphatic heterocycles. The monoisotopic (exact) mass is 514 g/mol. The summed E-state index contributed by atoms with van der Waals surface area (Å²) in [6.45, 7) is 0. The van der Waals surface area contributed by atoms with Crippen LogP contribution in [0.2, 0.25) is 0 Å². The van der Waals surface area contributed by atoms with Crippen LogP contribution in [0.5, 0.6) is 23.0 Å². The van der Waals surface area contributed by atoms with Gasteiger partial charge in [-0.05, 0) is 35.9 Å². The van der Waals surface area contributed by atoms with Crippen molar-refractivity contribution in [3.05, 3.63) is 107 Å².